The number of nitriles is 1. The number of benzene rings is 2. The molecule has 0 spiro atoms. The Labute approximate surface area is 129 Å². The summed E-state index contributed by atoms with van der Waals surface area (Å²) in [5.41, 5.74) is 3.75. The van der Waals surface area contributed by atoms with E-state index >= 15 is 0 Å². The van der Waals surface area contributed by atoms with Crippen LogP contribution in [-0.4, -0.2) is 12.4 Å². The van der Waals surface area contributed by atoms with Crippen molar-refractivity contribution >= 4 is 11.9 Å². The highest BCUT2D eigenvalue weighted by Crippen LogP contribution is 2.26. The van der Waals surface area contributed by atoms with Crippen LogP contribution in [0.3, 0.4) is 0 Å². The lowest BCUT2D eigenvalue weighted by Crippen LogP contribution is -2.13. The Hall–Kier alpha value is -2.86. The quantitative estimate of drug-likeness (QED) is 0.807. The average molecular weight is 289 g/mol. The molecule has 3 heteroatoms. The molecule has 0 aliphatic heterocycles. The zero-order valence-corrected chi connectivity index (χ0v) is 12.1. The minimum atomic E-state index is 0.0374. The van der Waals surface area contributed by atoms with Crippen molar-refractivity contribution in [3.63, 3.8) is 0 Å². The number of fused-ring (bicyclic) bond motifs is 1. The van der Waals surface area contributed by atoms with Crippen LogP contribution in [0.4, 0.5) is 0 Å². The van der Waals surface area contributed by atoms with E-state index in [9.17, 15) is 4.79 Å². The van der Waals surface area contributed by atoms with Gasteiger partial charge >= 0.3 is 0 Å². The normalized spacial score (nSPS) is 15.2. The van der Waals surface area contributed by atoms with Crippen molar-refractivity contribution in [1.29, 1.82) is 5.26 Å². The first-order chi connectivity index (χ1) is 10.8. The lowest BCUT2D eigenvalue weighted by molar-refractivity contribution is 0.102. The summed E-state index contributed by atoms with van der Waals surface area (Å²) in [4.78, 5) is 12.5. The summed E-state index contributed by atoms with van der Waals surface area (Å²) in [6, 6.07) is 17.1. The van der Waals surface area contributed by atoms with E-state index in [1.807, 2.05) is 60.7 Å². The van der Waals surface area contributed by atoms with Gasteiger partial charge in [0.05, 0.1) is 0 Å². The number of ether oxygens (including phenoxy) is 1. The maximum absolute atomic E-state index is 12.5. The van der Waals surface area contributed by atoms with Gasteiger partial charge in [0.1, 0.15) is 11.8 Å². The van der Waals surface area contributed by atoms with Crippen LogP contribution in [0.5, 0.6) is 5.75 Å². The fourth-order valence-electron chi connectivity index (χ4n) is 2.63. The molecule has 0 fully saturated rings. The molecule has 108 valence electrons. The highest BCUT2D eigenvalue weighted by molar-refractivity contribution is 6.13. The molecule has 0 saturated carbocycles. The summed E-state index contributed by atoms with van der Waals surface area (Å²) in [6.45, 7) is 0.0374. The van der Waals surface area contributed by atoms with Gasteiger partial charge in [0.25, 0.3) is 0 Å². The second kappa shape index (κ2) is 6.28. The van der Waals surface area contributed by atoms with Gasteiger partial charge in [0, 0.05) is 11.1 Å². The maximum Gasteiger partial charge on any atom is 0.189 e. The number of carbonyl (C=O) groups is 1. The first-order valence-corrected chi connectivity index (χ1v) is 7.21. The van der Waals surface area contributed by atoms with Crippen molar-refractivity contribution in [1.82, 2.24) is 0 Å². The van der Waals surface area contributed by atoms with Gasteiger partial charge in [-0.05, 0) is 42.2 Å². The predicted octanol–water partition coefficient (Wildman–Crippen LogP) is 3.80. The second-order valence-electron chi connectivity index (χ2n) is 5.17. The van der Waals surface area contributed by atoms with Crippen LogP contribution < -0.4 is 4.74 Å². The SMILES string of the molecule is N#CCOc1ccc(/C=C2\CCc3ccccc3C2=O)cc1. The number of ketones is 1. The maximum atomic E-state index is 12.5. The van der Waals surface area contributed by atoms with Gasteiger partial charge in [0.2, 0.25) is 0 Å². The third-order valence-electron chi connectivity index (χ3n) is 3.74. The number of nitrogens with zero attached hydrogens (tertiary/aromatic N) is 1. The zero-order chi connectivity index (χ0) is 15.4. The van der Waals surface area contributed by atoms with E-state index in [0.717, 1.165) is 35.1 Å². The first-order valence-electron chi connectivity index (χ1n) is 7.21. The van der Waals surface area contributed by atoms with Crippen molar-refractivity contribution in [3.8, 4) is 11.8 Å². The number of rotatable bonds is 3. The zero-order valence-electron chi connectivity index (χ0n) is 12.1. The van der Waals surface area contributed by atoms with Crippen LogP contribution in [-0.2, 0) is 6.42 Å². The molecule has 0 unspecified atom stereocenters. The van der Waals surface area contributed by atoms with Gasteiger partial charge in [-0.3, -0.25) is 4.79 Å². The summed E-state index contributed by atoms with van der Waals surface area (Å²) in [7, 11) is 0. The molecule has 22 heavy (non-hydrogen) atoms. The number of carbonyl (C=O) groups excluding carboxylic acids is 1. The first kappa shape index (κ1) is 14.1. The lowest BCUT2D eigenvalue weighted by Gasteiger charge is -2.17. The van der Waals surface area contributed by atoms with Crippen molar-refractivity contribution in [2.75, 3.05) is 6.61 Å². The number of hydrogen-bond acceptors (Lipinski definition) is 3. The molecule has 1 aliphatic carbocycles. The third-order valence-corrected chi connectivity index (χ3v) is 3.74. The van der Waals surface area contributed by atoms with E-state index in [4.69, 9.17) is 10.00 Å². The molecule has 3 rings (SSSR count). The second-order valence-corrected chi connectivity index (χ2v) is 5.17. The average Bonchev–Trinajstić information content (AvgIpc) is 2.57. The van der Waals surface area contributed by atoms with Crippen molar-refractivity contribution < 1.29 is 9.53 Å². The number of hydrogen-bond donors (Lipinski definition) is 0. The molecule has 0 heterocycles. The molecular weight excluding hydrogens is 274 g/mol. The summed E-state index contributed by atoms with van der Waals surface area (Å²) in [5, 5.41) is 8.49. The van der Waals surface area contributed by atoms with Gasteiger partial charge in [-0.2, -0.15) is 5.26 Å². The van der Waals surface area contributed by atoms with E-state index < -0.39 is 0 Å². The van der Waals surface area contributed by atoms with E-state index in [-0.39, 0.29) is 12.4 Å². The van der Waals surface area contributed by atoms with Gasteiger partial charge in [0.15, 0.2) is 12.4 Å². The smallest absolute Gasteiger partial charge is 0.189 e. The number of aryl methyl sites for hydroxylation is 1. The molecule has 2 aromatic carbocycles. The lowest BCUT2D eigenvalue weighted by atomic mass is 9.86. The minimum absolute atomic E-state index is 0.0374. The van der Waals surface area contributed by atoms with Gasteiger partial charge < -0.3 is 4.74 Å². The Morgan fingerprint density at radius 1 is 1.09 bits per heavy atom. The van der Waals surface area contributed by atoms with Crippen LogP contribution >= 0.6 is 0 Å². The van der Waals surface area contributed by atoms with E-state index in [1.54, 1.807) is 0 Å². The van der Waals surface area contributed by atoms with Crippen molar-refractivity contribution in [2.45, 2.75) is 12.8 Å². The summed E-state index contributed by atoms with van der Waals surface area (Å²) in [6.07, 6.45) is 3.60. The number of Topliss-reactive ketones (excluding diaryl/α,β-unsaturated/α-hetero) is 1. The van der Waals surface area contributed by atoms with Crippen LogP contribution in [0, 0.1) is 11.3 Å². The van der Waals surface area contributed by atoms with Crippen LogP contribution in [0.2, 0.25) is 0 Å². The monoisotopic (exact) mass is 289 g/mol. The topological polar surface area (TPSA) is 50.1 Å². The predicted molar refractivity (Wildman–Crippen MR) is 84.6 cm³/mol. The molecular formula is C19H15NO2. The fourth-order valence-corrected chi connectivity index (χ4v) is 2.63. The minimum Gasteiger partial charge on any atom is -0.479 e. The number of allylic oxidation sites excluding steroid dienone is 1. The Bertz CT molecular complexity index is 767. The van der Waals surface area contributed by atoms with Gasteiger partial charge in [-0.1, -0.05) is 36.4 Å². The third kappa shape index (κ3) is 2.91. The van der Waals surface area contributed by atoms with E-state index in [2.05, 4.69) is 0 Å². The summed E-state index contributed by atoms with van der Waals surface area (Å²) in [5.74, 6) is 0.774. The Kier molecular flexibility index (Phi) is 4.02. The van der Waals surface area contributed by atoms with E-state index in [0.29, 0.717) is 5.75 Å². The van der Waals surface area contributed by atoms with Crippen molar-refractivity contribution in [2.24, 2.45) is 0 Å². The van der Waals surface area contributed by atoms with Gasteiger partial charge in [-0.25, -0.2) is 0 Å². The summed E-state index contributed by atoms with van der Waals surface area (Å²) < 4.78 is 5.22. The molecule has 2 aromatic rings. The highest BCUT2D eigenvalue weighted by Gasteiger charge is 2.20. The Balaban J connectivity index is 1.81. The van der Waals surface area contributed by atoms with Crippen LogP contribution in [0.15, 0.2) is 54.1 Å². The molecule has 0 atom stereocenters. The highest BCUT2D eigenvalue weighted by atomic mass is 16.5. The molecule has 3 nitrogen and oxygen atoms in total. The molecule has 0 amide bonds. The largest absolute Gasteiger partial charge is 0.479 e. The molecule has 0 N–H and O–H groups in total. The van der Waals surface area contributed by atoms with E-state index in [1.165, 1.54) is 0 Å². The molecule has 0 bridgehead atoms. The van der Waals surface area contributed by atoms with Crippen LogP contribution in [0.1, 0.15) is 27.9 Å². The summed E-state index contributed by atoms with van der Waals surface area (Å²) >= 11 is 0. The Morgan fingerprint density at radius 2 is 1.86 bits per heavy atom. The molecule has 1 aliphatic rings. The van der Waals surface area contributed by atoms with Crippen LogP contribution in [0.25, 0.3) is 6.08 Å². The van der Waals surface area contributed by atoms with Crippen molar-refractivity contribution in [3.05, 3.63) is 70.8 Å². The molecule has 0 saturated heterocycles. The molecule has 0 radical (unpaired) electrons. The Morgan fingerprint density at radius 3 is 2.64 bits per heavy atom. The standard InChI is InChI=1S/C19H15NO2/c20-11-12-22-17-9-5-14(6-10-17)13-16-8-7-15-3-1-2-4-18(15)19(16)21/h1-6,9-10,13H,7-8,12H2/b16-13+. The molecule has 0 aromatic heterocycles. The fraction of sp³-hybridized carbons (Fsp3) is 0.158. The van der Waals surface area contributed by atoms with Gasteiger partial charge in [-0.15, -0.1) is 0 Å².